The van der Waals surface area contributed by atoms with Gasteiger partial charge in [-0.05, 0) is 75.1 Å². The third kappa shape index (κ3) is 3.81. The smallest absolute Gasteiger partial charge is 0.231 e. The zero-order chi connectivity index (χ0) is 33.9. The van der Waals surface area contributed by atoms with Crippen molar-refractivity contribution in [2.24, 2.45) is 0 Å². The fraction of sp³-hybridized carbons (Fsp3) is 0. The van der Waals surface area contributed by atoms with E-state index in [1.165, 1.54) is 65.4 Å². The molecule has 4 aromatic heterocycles. The van der Waals surface area contributed by atoms with Gasteiger partial charge < -0.3 is 8.82 Å². The summed E-state index contributed by atoms with van der Waals surface area (Å²) in [5.74, 6) is 0.639. The van der Waals surface area contributed by atoms with Crippen molar-refractivity contribution >= 4 is 81.7 Å². The molecule has 0 radical (unpaired) electrons. The van der Waals surface area contributed by atoms with E-state index in [0.717, 1.165) is 38.6 Å². The molecule has 0 saturated carbocycles. The summed E-state index contributed by atoms with van der Waals surface area (Å²) < 4.78 is 8.88. The van der Waals surface area contributed by atoms with E-state index in [1.54, 1.807) is 0 Å². The van der Waals surface area contributed by atoms with E-state index in [4.69, 9.17) is 14.4 Å². The number of furan rings is 1. The van der Waals surface area contributed by atoms with Crippen LogP contribution >= 0.6 is 0 Å². The first kappa shape index (κ1) is 27.7. The molecule has 4 heteroatoms. The summed E-state index contributed by atoms with van der Waals surface area (Å²) in [7, 11) is 0. The van der Waals surface area contributed by atoms with Gasteiger partial charge in [-0.15, -0.1) is 0 Å². The van der Waals surface area contributed by atoms with Crippen LogP contribution in [0, 0.1) is 0 Å². The van der Waals surface area contributed by atoms with Crippen LogP contribution in [0.3, 0.4) is 0 Å². The Morgan fingerprint density at radius 1 is 0.404 bits per heavy atom. The van der Waals surface area contributed by atoms with Crippen molar-refractivity contribution in [3.05, 3.63) is 164 Å². The molecule has 0 fully saturated rings. The lowest BCUT2D eigenvalue weighted by Gasteiger charge is -2.12. The second kappa shape index (κ2) is 10.3. The quantitative estimate of drug-likeness (QED) is 0.140. The van der Waals surface area contributed by atoms with Crippen molar-refractivity contribution in [1.82, 2.24) is 14.4 Å². The molecule has 4 nitrogen and oxygen atoms in total. The first-order chi connectivity index (χ1) is 25.8. The lowest BCUT2D eigenvalue weighted by atomic mass is 9.98. The largest absolute Gasteiger partial charge is 0.438 e. The number of benzene rings is 8. The average Bonchev–Trinajstić information content (AvgIpc) is 3.76. The van der Waals surface area contributed by atoms with Crippen LogP contribution < -0.4 is 0 Å². The number of pyridine rings is 1. The minimum atomic E-state index is 0.589. The maximum absolute atomic E-state index is 6.45. The van der Waals surface area contributed by atoms with Crippen LogP contribution in [0.5, 0.6) is 0 Å². The maximum Gasteiger partial charge on any atom is 0.231 e. The molecule has 0 spiro atoms. The predicted molar refractivity (Wildman–Crippen MR) is 215 cm³/mol. The third-order valence-corrected chi connectivity index (χ3v) is 10.9. The lowest BCUT2D eigenvalue weighted by Crippen LogP contribution is -1.94. The van der Waals surface area contributed by atoms with Crippen LogP contribution in [0.15, 0.2) is 168 Å². The van der Waals surface area contributed by atoms with Gasteiger partial charge in [-0.2, -0.15) is 4.98 Å². The standard InChI is InChI=1S/C48H27N3O/c1-2-9-28(10-3-1)30-17-18-32-26-33(20-19-31(32)25-30)45-44-38-13-5-7-16-42(38)52-48(44)50-47(49-45)34-22-24-41-39(27-34)37-23-21-29-11-8-14-36-35-12-4-6-15-40(35)51(41)46(37)43(29)36/h1-27H. The number of hydrogen-bond acceptors (Lipinski definition) is 3. The number of rotatable bonds is 3. The highest BCUT2D eigenvalue weighted by molar-refractivity contribution is 6.28. The third-order valence-electron chi connectivity index (χ3n) is 10.9. The zero-order valence-corrected chi connectivity index (χ0v) is 27.8. The van der Waals surface area contributed by atoms with Crippen LogP contribution in [-0.2, 0) is 0 Å². The molecule has 4 heterocycles. The maximum atomic E-state index is 6.45. The van der Waals surface area contributed by atoms with Gasteiger partial charge in [0.15, 0.2) is 5.82 Å². The first-order valence-corrected chi connectivity index (χ1v) is 17.7. The van der Waals surface area contributed by atoms with Gasteiger partial charge in [0.2, 0.25) is 5.71 Å². The minimum Gasteiger partial charge on any atom is -0.438 e. The Morgan fingerprint density at radius 2 is 1.12 bits per heavy atom. The number of fused-ring (bicyclic) bond motifs is 10. The number of nitrogens with zero attached hydrogens (tertiary/aromatic N) is 3. The van der Waals surface area contributed by atoms with Gasteiger partial charge in [0.25, 0.3) is 0 Å². The summed E-state index contributed by atoms with van der Waals surface area (Å²) in [4.78, 5) is 10.5. The lowest BCUT2D eigenvalue weighted by molar-refractivity contribution is 0.653. The molecular weight excluding hydrogens is 635 g/mol. The summed E-state index contributed by atoms with van der Waals surface area (Å²) in [5.41, 5.74) is 10.3. The highest BCUT2D eigenvalue weighted by Crippen LogP contribution is 2.43. The Morgan fingerprint density at radius 3 is 2.02 bits per heavy atom. The molecule has 0 N–H and O–H groups in total. The molecule has 12 rings (SSSR count). The second-order valence-corrected chi connectivity index (χ2v) is 13.8. The van der Waals surface area contributed by atoms with Gasteiger partial charge in [-0.1, -0.05) is 121 Å². The second-order valence-electron chi connectivity index (χ2n) is 13.8. The predicted octanol–water partition coefficient (Wildman–Crippen LogP) is 12.8. The van der Waals surface area contributed by atoms with E-state index in [-0.39, 0.29) is 0 Å². The Balaban J connectivity index is 1.10. The molecule has 0 atom stereocenters. The first-order valence-electron chi connectivity index (χ1n) is 17.7. The molecule has 52 heavy (non-hydrogen) atoms. The van der Waals surface area contributed by atoms with Crippen molar-refractivity contribution in [3.8, 4) is 33.8 Å². The molecular formula is C48H27N3O. The summed E-state index contributed by atoms with van der Waals surface area (Å²) in [6, 6.07) is 58.5. The van der Waals surface area contributed by atoms with Crippen molar-refractivity contribution in [2.75, 3.05) is 0 Å². The van der Waals surface area contributed by atoms with Crippen molar-refractivity contribution in [3.63, 3.8) is 0 Å². The van der Waals surface area contributed by atoms with E-state index in [2.05, 4.69) is 150 Å². The van der Waals surface area contributed by atoms with Gasteiger partial charge in [-0.3, -0.25) is 0 Å². The Kier molecular flexibility index (Phi) is 5.47. The van der Waals surface area contributed by atoms with E-state index in [9.17, 15) is 0 Å². The molecule has 0 aliphatic rings. The average molecular weight is 662 g/mol. The van der Waals surface area contributed by atoms with E-state index in [0.29, 0.717) is 11.5 Å². The van der Waals surface area contributed by atoms with Gasteiger partial charge >= 0.3 is 0 Å². The van der Waals surface area contributed by atoms with Crippen LogP contribution in [0.25, 0.3) is 115 Å². The van der Waals surface area contributed by atoms with Gasteiger partial charge in [0.1, 0.15) is 5.58 Å². The SMILES string of the molecule is c1ccc(-c2ccc3cc(-c4nc(-c5ccc6c(c5)c5ccc7cccc8c9ccccc9n6c5c78)nc5oc6ccccc6c45)ccc3c2)cc1. The Hall–Kier alpha value is -7.04. The molecule has 8 aromatic carbocycles. The van der Waals surface area contributed by atoms with E-state index < -0.39 is 0 Å². The molecule has 12 aromatic rings. The van der Waals surface area contributed by atoms with Crippen molar-refractivity contribution < 1.29 is 4.42 Å². The number of hydrogen-bond donors (Lipinski definition) is 0. The Bertz CT molecular complexity index is 3390. The van der Waals surface area contributed by atoms with Gasteiger partial charge in [0.05, 0.1) is 27.6 Å². The van der Waals surface area contributed by atoms with Crippen LogP contribution in [0.2, 0.25) is 0 Å². The molecule has 240 valence electrons. The number of para-hydroxylation sites is 2. The summed E-state index contributed by atoms with van der Waals surface area (Å²) >= 11 is 0. The number of aromatic nitrogens is 3. The van der Waals surface area contributed by atoms with Crippen molar-refractivity contribution in [1.29, 1.82) is 0 Å². The van der Waals surface area contributed by atoms with Crippen LogP contribution in [0.4, 0.5) is 0 Å². The molecule has 0 amide bonds. The van der Waals surface area contributed by atoms with Crippen LogP contribution in [0.1, 0.15) is 0 Å². The minimum absolute atomic E-state index is 0.589. The highest BCUT2D eigenvalue weighted by Gasteiger charge is 2.21. The fourth-order valence-electron chi connectivity index (χ4n) is 8.55. The highest BCUT2D eigenvalue weighted by atomic mass is 16.3. The zero-order valence-electron chi connectivity index (χ0n) is 27.8. The molecule has 0 aliphatic heterocycles. The molecule has 0 bridgehead atoms. The summed E-state index contributed by atoms with van der Waals surface area (Å²) in [6.45, 7) is 0. The van der Waals surface area contributed by atoms with E-state index in [1.807, 2.05) is 18.2 Å². The molecule has 0 saturated heterocycles. The fourth-order valence-corrected chi connectivity index (χ4v) is 8.55. The van der Waals surface area contributed by atoms with E-state index >= 15 is 0 Å². The van der Waals surface area contributed by atoms with Gasteiger partial charge in [-0.25, -0.2) is 4.98 Å². The summed E-state index contributed by atoms with van der Waals surface area (Å²) in [6.07, 6.45) is 0. The van der Waals surface area contributed by atoms with Gasteiger partial charge in [0, 0.05) is 38.1 Å². The normalized spacial score (nSPS) is 12.2. The molecule has 0 aliphatic carbocycles. The van der Waals surface area contributed by atoms with Crippen LogP contribution in [-0.4, -0.2) is 14.4 Å². The summed E-state index contributed by atoms with van der Waals surface area (Å²) in [5, 5.41) is 11.8. The Labute approximate surface area is 297 Å². The monoisotopic (exact) mass is 661 g/mol. The topological polar surface area (TPSA) is 43.3 Å². The van der Waals surface area contributed by atoms with Crippen molar-refractivity contribution in [2.45, 2.75) is 0 Å². The molecule has 0 unspecified atom stereocenters.